The van der Waals surface area contributed by atoms with Crippen LogP contribution >= 0.6 is 0 Å². The highest BCUT2D eigenvalue weighted by molar-refractivity contribution is 7.92. The molecule has 0 bridgehead atoms. The number of nitrogens with zero attached hydrogens (tertiary/aromatic N) is 2. The van der Waals surface area contributed by atoms with E-state index in [2.05, 4.69) is 9.82 Å². The van der Waals surface area contributed by atoms with Gasteiger partial charge in [-0.2, -0.15) is 5.10 Å². The molecule has 0 saturated carbocycles. The van der Waals surface area contributed by atoms with E-state index < -0.39 is 16.0 Å². The van der Waals surface area contributed by atoms with Crippen LogP contribution in [0.15, 0.2) is 29.2 Å². The number of rotatable bonds is 4. The highest BCUT2D eigenvalue weighted by Gasteiger charge is 2.24. The number of carboxylic acids is 1. The van der Waals surface area contributed by atoms with Crippen LogP contribution in [-0.2, 0) is 17.1 Å². The van der Waals surface area contributed by atoms with Crippen LogP contribution in [0.1, 0.15) is 21.7 Å². The molecule has 0 aliphatic carbocycles. The predicted molar refractivity (Wildman–Crippen MR) is 76.9 cm³/mol. The van der Waals surface area contributed by atoms with Crippen LogP contribution in [0.5, 0.6) is 0 Å². The van der Waals surface area contributed by atoms with Crippen molar-refractivity contribution < 1.29 is 18.3 Å². The third kappa shape index (κ3) is 2.89. The predicted octanol–water partition coefficient (Wildman–Crippen LogP) is 1.54. The van der Waals surface area contributed by atoms with Gasteiger partial charge in [0.25, 0.3) is 10.0 Å². The molecular formula is C13H15N3O4S. The molecule has 8 heteroatoms. The van der Waals surface area contributed by atoms with Gasteiger partial charge >= 0.3 is 5.97 Å². The number of carbonyl (C=O) groups is 1. The summed E-state index contributed by atoms with van der Waals surface area (Å²) in [6.07, 6.45) is 0. The van der Waals surface area contributed by atoms with Crippen molar-refractivity contribution in [1.82, 2.24) is 9.78 Å². The monoisotopic (exact) mass is 309 g/mol. The Bertz CT molecular complexity index is 809. The molecule has 7 nitrogen and oxygen atoms in total. The van der Waals surface area contributed by atoms with E-state index in [0.29, 0.717) is 11.4 Å². The number of anilines is 1. The van der Waals surface area contributed by atoms with Crippen LogP contribution in [-0.4, -0.2) is 29.3 Å². The molecule has 2 N–H and O–H groups in total. The number of hydrogen-bond acceptors (Lipinski definition) is 4. The zero-order valence-corrected chi connectivity index (χ0v) is 12.6. The van der Waals surface area contributed by atoms with Crippen molar-refractivity contribution in [1.29, 1.82) is 0 Å². The van der Waals surface area contributed by atoms with Crippen molar-refractivity contribution in [2.45, 2.75) is 18.7 Å². The summed E-state index contributed by atoms with van der Waals surface area (Å²) < 4.78 is 28.7. The van der Waals surface area contributed by atoms with Gasteiger partial charge in [-0.05, 0) is 32.0 Å². The SMILES string of the molecule is Cc1nn(C)c(C)c1S(=O)(=O)Nc1cccc(C(=O)O)c1. The number of benzene rings is 1. The van der Waals surface area contributed by atoms with Gasteiger partial charge in [0.2, 0.25) is 0 Å². The Labute approximate surface area is 122 Å². The minimum Gasteiger partial charge on any atom is -0.478 e. The molecule has 1 heterocycles. The number of hydrogen-bond donors (Lipinski definition) is 2. The summed E-state index contributed by atoms with van der Waals surface area (Å²) in [5.41, 5.74) is 1.10. The van der Waals surface area contributed by atoms with Crippen LogP contribution in [0, 0.1) is 13.8 Å². The van der Waals surface area contributed by atoms with Crippen molar-refractivity contribution in [3.63, 3.8) is 0 Å². The molecule has 1 aromatic heterocycles. The molecule has 0 aliphatic rings. The maximum absolute atomic E-state index is 12.4. The van der Waals surface area contributed by atoms with Crippen LogP contribution in [0.3, 0.4) is 0 Å². The topological polar surface area (TPSA) is 101 Å². The van der Waals surface area contributed by atoms with E-state index in [9.17, 15) is 13.2 Å². The molecule has 0 atom stereocenters. The van der Waals surface area contributed by atoms with E-state index in [-0.39, 0.29) is 16.1 Å². The lowest BCUT2D eigenvalue weighted by Crippen LogP contribution is -2.15. The second kappa shape index (κ2) is 5.21. The third-order valence-electron chi connectivity index (χ3n) is 3.07. The molecule has 0 aliphatic heterocycles. The molecular weight excluding hydrogens is 294 g/mol. The number of sulfonamides is 1. The molecule has 2 rings (SSSR count). The van der Waals surface area contributed by atoms with Gasteiger partial charge < -0.3 is 5.11 Å². The Morgan fingerprint density at radius 3 is 2.52 bits per heavy atom. The fourth-order valence-corrected chi connectivity index (χ4v) is 3.56. The summed E-state index contributed by atoms with van der Waals surface area (Å²) in [4.78, 5) is 11.0. The highest BCUT2D eigenvalue weighted by Crippen LogP contribution is 2.22. The first-order valence-electron chi connectivity index (χ1n) is 6.09. The van der Waals surface area contributed by atoms with Crippen LogP contribution in [0.25, 0.3) is 0 Å². The summed E-state index contributed by atoms with van der Waals surface area (Å²) in [5.74, 6) is -1.12. The van der Waals surface area contributed by atoms with Gasteiger partial charge in [0.1, 0.15) is 4.90 Å². The lowest BCUT2D eigenvalue weighted by molar-refractivity contribution is 0.0697. The second-order valence-corrected chi connectivity index (χ2v) is 6.23. The summed E-state index contributed by atoms with van der Waals surface area (Å²) in [5, 5.41) is 13.0. The summed E-state index contributed by atoms with van der Waals surface area (Å²) in [7, 11) is -2.16. The van der Waals surface area contributed by atoms with E-state index >= 15 is 0 Å². The van der Waals surface area contributed by atoms with E-state index in [4.69, 9.17) is 5.11 Å². The molecule has 0 saturated heterocycles. The van der Waals surface area contributed by atoms with Crippen molar-refractivity contribution in [2.24, 2.45) is 7.05 Å². The molecule has 1 aromatic carbocycles. The number of carboxylic acid groups (broad SMARTS) is 1. The van der Waals surface area contributed by atoms with Gasteiger partial charge in [0.05, 0.1) is 17.0 Å². The first kappa shape index (κ1) is 15.0. The van der Waals surface area contributed by atoms with Crippen molar-refractivity contribution in [3.8, 4) is 0 Å². The van der Waals surface area contributed by atoms with E-state index in [1.54, 1.807) is 20.9 Å². The Kier molecular flexibility index (Phi) is 3.73. The standard InChI is InChI=1S/C13H15N3O4S/c1-8-12(9(2)16(3)14-8)21(19,20)15-11-6-4-5-10(7-11)13(17)18/h4-7,15H,1-3H3,(H,17,18). The minimum atomic E-state index is -3.82. The molecule has 0 spiro atoms. The smallest absolute Gasteiger partial charge is 0.335 e. The Morgan fingerprint density at radius 1 is 1.33 bits per heavy atom. The summed E-state index contributed by atoms with van der Waals surface area (Å²) in [6.45, 7) is 3.26. The van der Waals surface area contributed by atoms with Crippen LogP contribution in [0.2, 0.25) is 0 Å². The fourth-order valence-electron chi connectivity index (χ4n) is 2.06. The zero-order valence-electron chi connectivity index (χ0n) is 11.8. The summed E-state index contributed by atoms with van der Waals surface area (Å²) in [6, 6.07) is 5.62. The van der Waals surface area contributed by atoms with E-state index in [1.807, 2.05) is 0 Å². The largest absolute Gasteiger partial charge is 0.478 e. The quantitative estimate of drug-likeness (QED) is 0.892. The molecule has 21 heavy (non-hydrogen) atoms. The Morgan fingerprint density at radius 2 is 2.00 bits per heavy atom. The van der Waals surface area contributed by atoms with Crippen LogP contribution in [0.4, 0.5) is 5.69 Å². The average molecular weight is 309 g/mol. The van der Waals surface area contributed by atoms with Gasteiger partial charge in [-0.3, -0.25) is 9.40 Å². The molecule has 2 aromatic rings. The zero-order chi connectivity index (χ0) is 15.8. The average Bonchev–Trinajstić information content (AvgIpc) is 2.63. The molecule has 0 unspecified atom stereocenters. The highest BCUT2D eigenvalue weighted by atomic mass is 32.2. The van der Waals surface area contributed by atoms with E-state index in [1.165, 1.54) is 28.9 Å². The van der Waals surface area contributed by atoms with Gasteiger partial charge in [-0.25, -0.2) is 13.2 Å². The number of aryl methyl sites for hydroxylation is 2. The Balaban J connectivity index is 2.42. The first-order valence-corrected chi connectivity index (χ1v) is 7.57. The lowest BCUT2D eigenvalue weighted by Gasteiger charge is -2.09. The van der Waals surface area contributed by atoms with Crippen molar-refractivity contribution >= 4 is 21.7 Å². The summed E-state index contributed by atoms with van der Waals surface area (Å²) >= 11 is 0. The van der Waals surface area contributed by atoms with Crippen molar-refractivity contribution in [3.05, 3.63) is 41.2 Å². The maximum Gasteiger partial charge on any atom is 0.335 e. The molecule has 0 radical (unpaired) electrons. The normalized spacial score (nSPS) is 11.4. The van der Waals surface area contributed by atoms with Gasteiger partial charge in [0, 0.05) is 12.7 Å². The van der Waals surface area contributed by atoms with Crippen LogP contribution < -0.4 is 4.72 Å². The van der Waals surface area contributed by atoms with Gasteiger partial charge in [-0.15, -0.1) is 0 Å². The Hall–Kier alpha value is -2.35. The molecule has 0 fully saturated rings. The maximum atomic E-state index is 12.4. The van der Waals surface area contributed by atoms with Gasteiger partial charge in [-0.1, -0.05) is 6.07 Å². The third-order valence-corrected chi connectivity index (χ3v) is 4.71. The molecule has 0 amide bonds. The molecule has 112 valence electrons. The van der Waals surface area contributed by atoms with Gasteiger partial charge in [0.15, 0.2) is 0 Å². The van der Waals surface area contributed by atoms with E-state index in [0.717, 1.165) is 0 Å². The number of aromatic carboxylic acids is 1. The lowest BCUT2D eigenvalue weighted by atomic mass is 10.2. The first-order chi connectivity index (χ1) is 9.72. The minimum absolute atomic E-state index is 0.00910. The number of nitrogens with one attached hydrogen (secondary N) is 1. The second-order valence-electron chi connectivity index (χ2n) is 4.62. The van der Waals surface area contributed by atoms with Crippen molar-refractivity contribution in [2.75, 3.05) is 4.72 Å². The fraction of sp³-hybridized carbons (Fsp3) is 0.231. The number of aromatic nitrogens is 2.